The van der Waals surface area contributed by atoms with Gasteiger partial charge in [0.25, 0.3) is 0 Å². The molecule has 3 N–H and O–H groups in total. The number of ether oxygens (including phenoxy) is 2. The van der Waals surface area contributed by atoms with Crippen LogP contribution in [0.2, 0.25) is 0 Å². The monoisotopic (exact) mass is 428 g/mol. The fourth-order valence-corrected chi connectivity index (χ4v) is 3.55. The van der Waals surface area contributed by atoms with Gasteiger partial charge in [-0.2, -0.15) is 0 Å². The first-order valence-electron chi connectivity index (χ1n) is 11.6. The minimum absolute atomic E-state index is 0.276. The third-order valence-corrected chi connectivity index (χ3v) is 5.47. The Morgan fingerprint density at radius 2 is 1.47 bits per heavy atom. The summed E-state index contributed by atoms with van der Waals surface area (Å²) in [5.41, 5.74) is -0.280. The Morgan fingerprint density at radius 3 is 1.93 bits per heavy atom. The zero-order valence-corrected chi connectivity index (χ0v) is 18.4. The molecule has 7 nitrogen and oxygen atoms in total. The van der Waals surface area contributed by atoms with Crippen LogP contribution in [0, 0.1) is 0 Å². The van der Waals surface area contributed by atoms with Crippen molar-refractivity contribution in [2.45, 2.75) is 109 Å². The maximum absolute atomic E-state index is 11.8. The van der Waals surface area contributed by atoms with Crippen LogP contribution in [0.3, 0.4) is 0 Å². The first-order chi connectivity index (χ1) is 14.5. The van der Waals surface area contributed by atoms with Crippen molar-refractivity contribution in [3.63, 3.8) is 0 Å². The molecule has 30 heavy (non-hydrogen) atoms. The zero-order chi connectivity index (χ0) is 22.2. The molecule has 1 aliphatic rings. The summed E-state index contributed by atoms with van der Waals surface area (Å²) in [6.07, 6.45) is 13.6. The number of carbonyl (C=O) groups is 2. The van der Waals surface area contributed by atoms with Crippen molar-refractivity contribution in [2.24, 2.45) is 0 Å². The van der Waals surface area contributed by atoms with Crippen molar-refractivity contribution in [1.82, 2.24) is 0 Å². The number of unbranched alkanes of at least 4 members (excludes halogenated alkanes) is 12. The van der Waals surface area contributed by atoms with E-state index in [0.29, 0.717) is 0 Å². The molecule has 0 bridgehead atoms. The first kappa shape index (κ1) is 26.4. The van der Waals surface area contributed by atoms with E-state index in [0.717, 1.165) is 19.3 Å². The van der Waals surface area contributed by atoms with Gasteiger partial charge in [-0.15, -0.1) is 0 Å². The van der Waals surface area contributed by atoms with Gasteiger partial charge >= 0.3 is 11.9 Å². The summed E-state index contributed by atoms with van der Waals surface area (Å²) in [5.74, 6) is -1.81. The summed E-state index contributed by atoms with van der Waals surface area (Å²) in [6.45, 7) is 1.19. The fourth-order valence-electron chi connectivity index (χ4n) is 3.55. The van der Waals surface area contributed by atoms with Gasteiger partial charge in [-0.25, -0.2) is 4.79 Å². The maximum Gasteiger partial charge on any atom is 0.340 e. The number of carbonyl (C=O) groups excluding carboxylic acids is 2. The molecule has 0 saturated heterocycles. The molecule has 7 heteroatoms. The lowest BCUT2D eigenvalue weighted by Crippen LogP contribution is -2.33. The molecule has 174 valence electrons. The van der Waals surface area contributed by atoms with Gasteiger partial charge in [0.15, 0.2) is 6.10 Å². The Balaban J connectivity index is 1.97. The van der Waals surface area contributed by atoms with Crippen molar-refractivity contribution >= 4 is 11.9 Å². The van der Waals surface area contributed by atoms with Crippen LogP contribution < -0.4 is 0 Å². The molecule has 1 heterocycles. The summed E-state index contributed by atoms with van der Waals surface area (Å²) in [7, 11) is 0. The molecule has 0 aromatic carbocycles. The minimum Gasteiger partial charge on any atom is -0.508 e. The highest BCUT2D eigenvalue weighted by Gasteiger charge is 2.38. The van der Waals surface area contributed by atoms with Crippen LogP contribution in [0.25, 0.3) is 0 Å². The van der Waals surface area contributed by atoms with Gasteiger partial charge in [-0.3, -0.25) is 4.79 Å². The zero-order valence-electron chi connectivity index (χ0n) is 18.4. The lowest BCUT2D eigenvalue weighted by Gasteiger charge is -2.17. The number of hydrogen-bond acceptors (Lipinski definition) is 7. The van der Waals surface area contributed by atoms with E-state index in [9.17, 15) is 19.8 Å². The average Bonchev–Trinajstić information content (AvgIpc) is 3.03. The van der Waals surface area contributed by atoms with E-state index in [-0.39, 0.29) is 18.6 Å². The third-order valence-electron chi connectivity index (χ3n) is 5.47. The highest BCUT2D eigenvalue weighted by Crippen LogP contribution is 2.23. The number of rotatable bonds is 18. The molecule has 0 saturated carbocycles. The van der Waals surface area contributed by atoms with E-state index in [1.165, 1.54) is 64.2 Å². The average molecular weight is 429 g/mol. The fraction of sp³-hybridized carbons (Fsp3) is 0.826. The van der Waals surface area contributed by atoms with E-state index in [4.69, 9.17) is 14.6 Å². The topological polar surface area (TPSA) is 113 Å². The Morgan fingerprint density at radius 1 is 0.967 bits per heavy atom. The molecule has 0 amide bonds. The highest BCUT2D eigenvalue weighted by atomic mass is 16.6. The molecular formula is C23H40O7. The van der Waals surface area contributed by atoms with Crippen molar-refractivity contribution in [3.8, 4) is 0 Å². The van der Waals surface area contributed by atoms with Crippen molar-refractivity contribution in [1.29, 1.82) is 0 Å². The minimum atomic E-state index is -1.37. The van der Waals surface area contributed by atoms with Crippen LogP contribution in [-0.4, -0.2) is 52.7 Å². The van der Waals surface area contributed by atoms with Crippen LogP contribution >= 0.6 is 0 Å². The highest BCUT2D eigenvalue weighted by molar-refractivity contribution is 5.92. The van der Waals surface area contributed by atoms with Gasteiger partial charge in [0.1, 0.15) is 24.0 Å². The molecular weight excluding hydrogens is 388 g/mol. The van der Waals surface area contributed by atoms with Gasteiger partial charge in [-0.05, 0) is 6.42 Å². The van der Waals surface area contributed by atoms with E-state index >= 15 is 0 Å². The molecule has 0 radical (unpaired) electrons. The van der Waals surface area contributed by atoms with Crippen LogP contribution in [0.4, 0.5) is 0 Å². The second kappa shape index (κ2) is 16.1. The molecule has 0 aromatic rings. The smallest absolute Gasteiger partial charge is 0.340 e. The van der Waals surface area contributed by atoms with Gasteiger partial charge in [0.05, 0.1) is 6.61 Å². The van der Waals surface area contributed by atoms with Crippen LogP contribution in [-0.2, 0) is 19.1 Å². The molecule has 0 aliphatic carbocycles. The quantitative estimate of drug-likeness (QED) is 0.222. The van der Waals surface area contributed by atoms with Crippen LogP contribution in [0.15, 0.2) is 11.3 Å². The number of aliphatic hydroxyl groups excluding tert-OH is 3. The van der Waals surface area contributed by atoms with Crippen molar-refractivity contribution in [2.75, 3.05) is 13.2 Å². The Kier molecular flexibility index (Phi) is 14.2. The second-order valence-electron chi connectivity index (χ2n) is 8.09. The van der Waals surface area contributed by atoms with E-state index < -0.39 is 36.5 Å². The maximum atomic E-state index is 11.8. The predicted octanol–water partition coefficient (Wildman–Crippen LogP) is 4.10. The SMILES string of the molecule is CCCCCCCCCCCCCCCC(=O)OC[C@H](O)[C@H]1OC(=O)C(CO)=C1O. The van der Waals surface area contributed by atoms with Crippen molar-refractivity contribution in [3.05, 3.63) is 11.3 Å². The lowest BCUT2D eigenvalue weighted by molar-refractivity contribution is -0.153. The van der Waals surface area contributed by atoms with E-state index in [1.54, 1.807) is 0 Å². The third kappa shape index (κ3) is 10.4. The lowest BCUT2D eigenvalue weighted by atomic mass is 10.0. The molecule has 2 atom stereocenters. The first-order valence-corrected chi connectivity index (χ1v) is 11.6. The standard InChI is InChI=1S/C23H40O7/c1-2-3-4-5-6-7-8-9-10-11-12-13-14-15-20(26)29-17-19(25)22-21(27)18(16-24)23(28)30-22/h19,22,24-25,27H,2-17H2,1H3/t19-,22+/m0/s1. The molecule has 0 aromatic heterocycles. The molecule has 0 unspecified atom stereocenters. The van der Waals surface area contributed by atoms with Crippen LogP contribution in [0.1, 0.15) is 96.8 Å². The number of aliphatic hydroxyl groups is 3. The van der Waals surface area contributed by atoms with E-state index in [2.05, 4.69) is 6.92 Å². The summed E-state index contributed by atoms with van der Waals surface area (Å²) in [5, 5.41) is 28.7. The normalized spacial score (nSPS) is 17.3. The second-order valence-corrected chi connectivity index (χ2v) is 8.09. The summed E-state index contributed by atoms with van der Waals surface area (Å²) >= 11 is 0. The van der Waals surface area contributed by atoms with Crippen LogP contribution in [0.5, 0.6) is 0 Å². The van der Waals surface area contributed by atoms with Gasteiger partial charge in [0.2, 0.25) is 0 Å². The molecule has 0 fully saturated rings. The number of hydrogen-bond donors (Lipinski definition) is 3. The number of cyclic esters (lactones) is 1. The summed E-state index contributed by atoms with van der Waals surface area (Å²) < 4.78 is 9.79. The van der Waals surface area contributed by atoms with Gasteiger partial charge < -0.3 is 24.8 Å². The molecule has 1 rings (SSSR count). The van der Waals surface area contributed by atoms with E-state index in [1.807, 2.05) is 0 Å². The Bertz CT molecular complexity index is 530. The summed E-state index contributed by atoms with van der Waals surface area (Å²) in [6, 6.07) is 0. The number of esters is 2. The van der Waals surface area contributed by atoms with Gasteiger partial charge in [0, 0.05) is 6.42 Å². The van der Waals surface area contributed by atoms with Crippen molar-refractivity contribution < 1.29 is 34.4 Å². The molecule has 1 aliphatic heterocycles. The largest absolute Gasteiger partial charge is 0.508 e. The van der Waals surface area contributed by atoms with Gasteiger partial charge in [-0.1, -0.05) is 84.0 Å². The summed E-state index contributed by atoms with van der Waals surface area (Å²) in [4.78, 5) is 23.2. The Labute approximate surface area is 180 Å². The molecule has 0 spiro atoms. The predicted molar refractivity (Wildman–Crippen MR) is 114 cm³/mol. The Hall–Kier alpha value is -1.60.